The molecule has 1 aromatic rings. The molecular weight excluding hydrogens is 265 g/mol. The zero-order chi connectivity index (χ0) is 15.1. The van der Waals surface area contributed by atoms with E-state index < -0.39 is 35.2 Å². The number of hydrogen-bond donors (Lipinski definition) is 1. The Morgan fingerprint density at radius 1 is 1.05 bits per heavy atom. The van der Waals surface area contributed by atoms with Crippen LogP contribution in [0.15, 0.2) is 18.2 Å². The van der Waals surface area contributed by atoms with E-state index in [-0.39, 0.29) is 5.56 Å². The zero-order valence-electron chi connectivity index (χ0n) is 10.9. The summed E-state index contributed by atoms with van der Waals surface area (Å²) in [5, 5.41) is 0. The predicted molar refractivity (Wildman–Crippen MR) is 62.7 cm³/mol. The average molecular weight is 281 g/mol. The summed E-state index contributed by atoms with van der Waals surface area (Å²) in [5.41, 5.74) is 0.446. The second-order valence-electron chi connectivity index (χ2n) is 5.45. The molecule has 1 atom stereocenters. The number of alkyl halides is 4. The molecule has 0 aliphatic heterocycles. The van der Waals surface area contributed by atoms with E-state index >= 15 is 0 Å². The summed E-state index contributed by atoms with van der Waals surface area (Å²) in [4.78, 5) is 0. The largest absolute Gasteiger partial charge is 0.419 e. The first-order valence-electron chi connectivity index (χ1n) is 5.69. The predicted octanol–water partition coefficient (Wildman–Crippen LogP) is 4.01. The van der Waals surface area contributed by atoms with Gasteiger partial charge in [0.25, 0.3) is 0 Å². The maximum atomic E-state index is 14.8. The van der Waals surface area contributed by atoms with Crippen molar-refractivity contribution >= 4 is 0 Å². The molecule has 0 bridgehead atoms. The SMILES string of the molecule is CC(C)(C)C(F)(CN)c1ccc(F)c(C(F)(F)F)c1. The molecule has 0 spiro atoms. The van der Waals surface area contributed by atoms with Gasteiger partial charge < -0.3 is 5.73 Å². The van der Waals surface area contributed by atoms with Crippen molar-refractivity contribution in [2.45, 2.75) is 32.6 Å². The van der Waals surface area contributed by atoms with Gasteiger partial charge in [0.05, 0.1) is 5.56 Å². The molecule has 19 heavy (non-hydrogen) atoms. The summed E-state index contributed by atoms with van der Waals surface area (Å²) in [6.45, 7) is 4.09. The van der Waals surface area contributed by atoms with Gasteiger partial charge in [-0.1, -0.05) is 26.8 Å². The molecule has 0 aliphatic rings. The average Bonchev–Trinajstić information content (AvgIpc) is 2.25. The summed E-state index contributed by atoms with van der Waals surface area (Å²) in [6, 6.07) is 2.12. The van der Waals surface area contributed by atoms with Crippen LogP contribution in [-0.2, 0) is 11.8 Å². The van der Waals surface area contributed by atoms with Gasteiger partial charge in [0, 0.05) is 12.0 Å². The summed E-state index contributed by atoms with van der Waals surface area (Å²) in [7, 11) is 0. The van der Waals surface area contributed by atoms with Crippen molar-refractivity contribution < 1.29 is 22.0 Å². The van der Waals surface area contributed by atoms with Gasteiger partial charge in [0.2, 0.25) is 0 Å². The van der Waals surface area contributed by atoms with Crippen LogP contribution in [0.25, 0.3) is 0 Å². The highest BCUT2D eigenvalue weighted by Crippen LogP contribution is 2.44. The Bertz CT molecular complexity index is 461. The Kier molecular flexibility index (Phi) is 3.96. The van der Waals surface area contributed by atoms with Crippen molar-refractivity contribution in [2.75, 3.05) is 6.54 Å². The second-order valence-corrected chi connectivity index (χ2v) is 5.45. The normalized spacial score (nSPS) is 16.3. The molecular formula is C13H16F5N. The number of benzene rings is 1. The molecule has 0 radical (unpaired) electrons. The first-order valence-corrected chi connectivity index (χ1v) is 5.69. The molecule has 0 fully saturated rings. The van der Waals surface area contributed by atoms with Crippen LogP contribution in [-0.4, -0.2) is 6.54 Å². The van der Waals surface area contributed by atoms with Crippen molar-refractivity contribution in [3.05, 3.63) is 35.1 Å². The van der Waals surface area contributed by atoms with E-state index in [1.807, 2.05) is 0 Å². The maximum Gasteiger partial charge on any atom is 0.419 e. The highest BCUT2D eigenvalue weighted by atomic mass is 19.4. The third-order valence-electron chi connectivity index (χ3n) is 3.20. The Morgan fingerprint density at radius 3 is 1.95 bits per heavy atom. The lowest BCUT2D eigenvalue weighted by Gasteiger charge is -2.37. The van der Waals surface area contributed by atoms with Gasteiger partial charge in [-0.25, -0.2) is 8.78 Å². The molecule has 0 saturated heterocycles. The van der Waals surface area contributed by atoms with Gasteiger partial charge in [0.15, 0.2) is 5.67 Å². The monoisotopic (exact) mass is 281 g/mol. The smallest absolute Gasteiger partial charge is 0.327 e. The Labute approximate surface area is 108 Å². The minimum Gasteiger partial charge on any atom is -0.327 e. The van der Waals surface area contributed by atoms with Gasteiger partial charge in [-0.15, -0.1) is 0 Å². The van der Waals surface area contributed by atoms with Crippen LogP contribution in [0.4, 0.5) is 22.0 Å². The van der Waals surface area contributed by atoms with E-state index in [2.05, 4.69) is 0 Å². The highest BCUT2D eigenvalue weighted by Gasteiger charge is 2.44. The quantitative estimate of drug-likeness (QED) is 0.814. The summed E-state index contributed by atoms with van der Waals surface area (Å²) in [5.74, 6) is -1.43. The van der Waals surface area contributed by atoms with Crippen LogP contribution in [0.5, 0.6) is 0 Å². The van der Waals surface area contributed by atoms with Gasteiger partial charge in [-0.05, 0) is 17.7 Å². The third kappa shape index (κ3) is 2.88. The molecule has 1 nitrogen and oxygen atoms in total. The molecule has 108 valence electrons. The molecule has 0 amide bonds. The lowest BCUT2D eigenvalue weighted by atomic mass is 9.73. The number of nitrogens with two attached hydrogens (primary N) is 1. The van der Waals surface area contributed by atoms with Crippen LogP contribution >= 0.6 is 0 Å². The number of halogens is 5. The molecule has 0 aromatic heterocycles. The van der Waals surface area contributed by atoms with E-state index in [0.29, 0.717) is 12.1 Å². The van der Waals surface area contributed by atoms with Crippen LogP contribution in [0.3, 0.4) is 0 Å². The molecule has 1 aromatic carbocycles. The lowest BCUT2D eigenvalue weighted by Crippen LogP contribution is -2.42. The van der Waals surface area contributed by atoms with Crippen LogP contribution in [0, 0.1) is 11.2 Å². The topological polar surface area (TPSA) is 26.0 Å². The van der Waals surface area contributed by atoms with Crippen molar-refractivity contribution in [3.8, 4) is 0 Å². The van der Waals surface area contributed by atoms with E-state index in [1.165, 1.54) is 20.8 Å². The third-order valence-corrected chi connectivity index (χ3v) is 3.20. The maximum absolute atomic E-state index is 14.8. The van der Waals surface area contributed by atoms with Gasteiger partial charge in [-0.2, -0.15) is 13.2 Å². The van der Waals surface area contributed by atoms with Crippen LogP contribution < -0.4 is 5.73 Å². The fraction of sp³-hybridized carbons (Fsp3) is 0.538. The molecule has 0 aliphatic carbocycles. The summed E-state index contributed by atoms with van der Waals surface area (Å²) < 4.78 is 65.9. The zero-order valence-corrected chi connectivity index (χ0v) is 10.9. The fourth-order valence-electron chi connectivity index (χ4n) is 1.85. The fourth-order valence-corrected chi connectivity index (χ4v) is 1.85. The summed E-state index contributed by atoms with van der Waals surface area (Å²) in [6.07, 6.45) is -4.87. The highest BCUT2D eigenvalue weighted by molar-refractivity contribution is 5.33. The van der Waals surface area contributed by atoms with Crippen molar-refractivity contribution in [3.63, 3.8) is 0 Å². The van der Waals surface area contributed by atoms with E-state index in [9.17, 15) is 22.0 Å². The minimum absolute atomic E-state index is 0.267. The Morgan fingerprint density at radius 2 is 1.58 bits per heavy atom. The van der Waals surface area contributed by atoms with E-state index in [0.717, 1.165) is 6.07 Å². The molecule has 2 N–H and O–H groups in total. The van der Waals surface area contributed by atoms with Crippen molar-refractivity contribution in [1.29, 1.82) is 0 Å². The van der Waals surface area contributed by atoms with E-state index in [1.54, 1.807) is 0 Å². The molecule has 1 rings (SSSR count). The van der Waals surface area contributed by atoms with Gasteiger partial charge in [0.1, 0.15) is 5.82 Å². The minimum atomic E-state index is -4.87. The first kappa shape index (κ1) is 15.9. The van der Waals surface area contributed by atoms with Gasteiger partial charge in [-0.3, -0.25) is 0 Å². The van der Waals surface area contributed by atoms with Crippen LogP contribution in [0.1, 0.15) is 31.9 Å². The Hall–Kier alpha value is -1.17. The number of hydrogen-bond acceptors (Lipinski definition) is 1. The molecule has 1 unspecified atom stereocenters. The second kappa shape index (κ2) is 4.74. The standard InChI is InChI=1S/C13H16F5N/c1-11(2,3)12(15,7-19)8-4-5-10(14)9(6-8)13(16,17)18/h4-6H,7,19H2,1-3H3. The Balaban J connectivity index is 3.45. The van der Waals surface area contributed by atoms with E-state index in [4.69, 9.17) is 5.73 Å². The number of rotatable bonds is 2. The molecule has 0 heterocycles. The lowest BCUT2D eigenvalue weighted by molar-refractivity contribution is -0.140. The van der Waals surface area contributed by atoms with Crippen LogP contribution in [0.2, 0.25) is 0 Å². The summed E-state index contributed by atoms with van der Waals surface area (Å²) >= 11 is 0. The van der Waals surface area contributed by atoms with Crippen molar-refractivity contribution in [1.82, 2.24) is 0 Å². The van der Waals surface area contributed by atoms with Crippen molar-refractivity contribution in [2.24, 2.45) is 11.1 Å². The van der Waals surface area contributed by atoms with Gasteiger partial charge >= 0.3 is 6.18 Å². The first-order chi connectivity index (χ1) is 8.43. The molecule has 0 saturated carbocycles. The molecule has 6 heteroatoms.